The van der Waals surface area contributed by atoms with Gasteiger partial charge in [0.2, 0.25) is 5.91 Å². The topological polar surface area (TPSA) is 89.7 Å². The van der Waals surface area contributed by atoms with Gasteiger partial charge in [-0.1, -0.05) is 0 Å². The first-order valence-corrected chi connectivity index (χ1v) is 6.26. The molecule has 2 fully saturated rings. The SMILES string of the molecule is COC(=O)C1(C(C)=O)CS[C@@H]2C(N)C(=O)N2C1. The highest BCUT2D eigenvalue weighted by Gasteiger charge is 2.58. The molecule has 0 aliphatic carbocycles. The van der Waals surface area contributed by atoms with Crippen LogP contribution in [0, 0.1) is 5.41 Å². The number of carbonyl (C=O) groups is 3. The van der Waals surface area contributed by atoms with Crippen LogP contribution in [0.4, 0.5) is 0 Å². The molecular formula is C10H14N2O4S. The van der Waals surface area contributed by atoms with Gasteiger partial charge in [-0.25, -0.2) is 0 Å². The molecule has 17 heavy (non-hydrogen) atoms. The fourth-order valence-corrected chi connectivity index (χ4v) is 3.70. The van der Waals surface area contributed by atoms with Gasteiger partial charge in [0.15, 0.2) is 5.41 Å². The molecule has 2 rings (SSSR count). The summed E-state index contributed by atoms with van der Waals surface area (Å²) in [7, 11) is 1.24. The highest BCUT2D eigenvalue weighted by molar-refractivity contribution is 8.00. The number of nitrogens with zero attached hydrogens (tertiary/aromatic N) is 1. The van der Waals surface area contributed by atoms with E-state index in [1.165, 1.54) is 30.7 Å². The number of ether oxygens (including phenoxy) is 1. The predicted molar refractivity (Wildman–Crippen MR) is 61.1 cm³/mol. The van der Waals surface area contributed by atoms with Gasteiger partial charge in [-0.3, -0.25) is 14.4 Å². The summed E-state index contributed by atoms with van der Waals surface area (Å²) in [5.74, 6) is -0.749. The molecule has 94 valence electrons. The van der Waals surface area contributed by atoms with E-state index in [0.29, 0.717) is 5.75 Å². The number of hydrogen-bond acceptors (Lipinski definition) is 6. The Morgan fingerprint density at radius 3 is 2.76 bits per heavy atom. The van der Waals surface area contributed by atoms with Crippen LogP contribution in [0.15, 0.2) is 0 Å². The van der Waals surface area contributed by atoms with E-state index in [1.54, 1.807) is 0 Å². The van der Waals surface area contributed by atoms with Gasteiger partial charge in [0.1, 0.15) is 17.2 Å². The number of carbonyl (C=O) groups excluding carboxylic acids is 3. The molecule has 0 aromatic carbocycles. The molecular weight excluding hydrogens is 244 g/mol. The normalized spacial score (nSPS) is 35.9. The maximum absolute atomic E-state index is 11.8. The summed E-state index contributed by atoms with van der Waals surface area (Å²) in [5, 5.41) is -0.111. The lowest BCUT2D eigenvalue weighted by atomic mass is 9.83. The molecule has 0 saturated carbocycles. The lowest BCUT2D eigenvalue weighted by molar-refractivity contribution is -0.162. The highest BCUT2D eigenvalue weighted by Crippen LogP contribution is 2.42. The Labute approximate surface area is 103 Å². The summed E-state index contributed by atoms with van der Waals surface area (Å²) in [6.07, 6.45) is 0. The summed E-state index contributed by atoms with van der Waals surface area (Å²) < 4.78 is 4.68. The van der Waals surface area contributed by atoms with Crippen LogP contribution in [-0.4, -0.2) is 53.4 Å². The van der Waals surface area contributed by atoms with Crippen molar-refractivity contribution in [3.8, 4) is 0 Å². The number of ketones is 1. The number of hydrogen-bond donors (Lipinski definition) is 1. The van der Waals surface area contributed by atoms with Crippen molar-refractivity contribution in [1.82, 2.24) is 4.90 Å². The number of rotatable bonds is 2. The fourth-order valence-electron chi connectivity index (χ4n) is 2.15. The van der Waals surface area contributed by atoms with Gasteiger partial charge in [-0.2, -0.15) is 0 Å². The Kier molecular flexibility index (Phi) is 2.90. The van der Waals surface area contributed by atoms with Crippen LogP contribution in [0.2, 0.25) is 0 Å². The Morgan fingerprint density at radius 1 is 1.59 bits per heavy atom. The summed E-state index contributed by atoms with van der Waals surface area (Å²) in [5.41, 5.74) is 4.41. The van der Waals surface area contributed by atoms with Crippen molar-refractivity contribution in [2.45, 2.75) is 18.3 Å². The summed E-state index contributed by atoms with van der Waals surface area (Å²) in [6, 6.07) is -0.511. The van der Waals surface area contributed by atoms with E-state index in [2.05, 4.69) is 4.74 Å². The van der Waals surface area contributed by atoms with E-state index in [0.717, 1.165) is 0 Å². The van der Waals surface area contributed by atoms with Crippen molar-refractivity contribution in [3.05, 3.63) is 0 Å². The van der Waals surface area contributed by atoms with Crippen LogP contribution in [0.1, 0.15) is 6.92 Å². The molecule has 2 aliphatic rings. The number of nitrogens with two attached hydrogens (primary N) is 1. The van der Waals surface area contributed by atoms with Crippen LogP contribution in [-0.2, 0) is 19.1 Å². The molecule has 0 spiro atoms. The third-order valence-corrected chi connectivity index (χ3v) is 4.92. The maximum Gasteiger partial charge on any atom is 0.322 e. The van der Waals surface area contributed by atoms with Crippen molar-refractivity contribution in [2.75, 3.05) is 19.4 Å². The zero-order valence-electron chi connectivity index (χ0n) is 9.63. The number of amides is 1. The fraction of sp³-hybridized carbons (Fsp3) is 0.700. The smallest absolute Gasteiger partial charge is 0.322 e. The van der Waals surface area contributed by atoms with Crippen LogP contribution < -0.4 is 5.73 Å². The Hall–Kier alpha value is -1.08. The van der Waals surface area contributed by atoms with Crippen molar-refractivity contribution in [3.63, 3.8) is 0 Å². The molecule has 2 heterocycles. The average Bonchev–Trinajstić information content (AvgIpc) is 2.35. The maximum atomic E-state index is 11.8. The van der Waals surface area contributed by atoms with Crippen LogP contribution in [0.25, 0.3) is 0 Å². The first-order chi connectivity index (χ1) is 7.94. The van der Waals surface area contributed by atoms with Gasteiger partial charge in [-0.05, 0) is 6.92 Å². The monoisotopic (exact) mass is 258 g/mol. The number of fused-ring (bicyclic) bond motifs is 1. The molecule has 2 unspecified atom stereocenters. The van der Waals surface area contributed by atoms with Crippen LogP contribution >= 0.6 is 11.8 Å². The summed E-state index contributed by atoms with van der Waals surface area (Å²) in [4.78, 5) is 36.5. The van der Waals surface area contributed by atoms with Crippen LogP contribution in [0.3, 0.4) is 0 Å². The number of β-lactam (4-membered cyclic amide) rings is 1. The lowest BCUT2D eigenvalue weighted by Gasteiger charge is -2.52. The quantitative estimate of drug-likeness (QED) is 0.387. The zero-order chi connectivity index (χ0) is 12.8. The van der Waals surface area contributed by atoms with Crippen molar-refractivity contribution in [2.24, 2.45) is 11.1 Å². The zero-order valence-corrected chi connectivity index (χ0v) is 10.5. The molecule has 2 aliphatic heterocycles. The van der Waals surface area contributed by atoms with E-state index in [-0.39, 0.29) is 23.6 Å². The Morgan fingerprint density at radius 2 is 2.24 bits per heavy atom. The van der Waals surface area contributed by atoms with Crippen molar-refractivity contribution >= 4 is 29.4 Å². The molecule has 0 radical (unpaired) electrons. The van der Waals surface area contributed by atoms with E-state index in [4.69, 9.17) is 5.73 Å². The van der Waals surface area contributed by atoms with Crippen molar-refractivity contribution in [1.29, 1.82) is 0 Å². The van der Waals surface area contributed by atoms with Crippen LogP contribution in [0.5, 0.6) is 0 Å². The number of thioether (sulfide) groups is 1. The number of esters is 1. The van der Waals surface area contributed by atoms with Gasteiger partial charge < -0.3 is 15.4 Å². The first-order valence-electron chi connectivity index (χ1n) is 5.21. The largest absolute Gasteiger partial charge is 0.468 e. The molecule has 7 heteroatoms. The standard InChI is InChI=1S/C10H14N2O4S/c1-5(13)10(9(15)16-2)3-12-7(14)6(11)8(12)17-4-10/h6,8H,3-4,11H2,1-2H3/t6?,8-,10?/m1/s1. The highest BCUT2D eigenvalue weighted by atomic mass is 32.2. The second kappa shape index (κ2) is 3.99. The van der Waals surface area contributed by atoms with Gasteiger partial charge >= 0.3 is 5.97 Å². The summed E-state index contributed by atoms with van der Waals surface area (Å²) in [6.45, 7) is 1.43. The lowest BCUT2D eigenvalue weighted by Crippen LogP contribution is -2.73. The Balaban J connectivity index is 2.24. The van der Waals surface area contributed by atoms with Crippen molar-refractivity contribution < 1.29 is 19.1 Å². The molecule has 0 aromatic rings. The van der Waals surface area contributed by atoms with E-state index < -0.39 is 17.4 Å². The van der Waals surface area contributed by atoms with Gasteiger partial charge in [0.05, 0.1) is 7.11 Å². The minimum atomic E-state index is -1.23. The molecule has 2 saturated heterocycles. The summed E-state index contributed by atoms with van der Waals surface area (Å²) >= 11 is 1.36. The molecule has 6 nitrogen and oxygen atoms in total. The second-order valence-corrected chi connectivity index (χ2v) is 5.43. The molecule has 0 bridgehead atoms. The van der Waals surface area contributed by atoms with E-state index >= 15 is 0 Å². The van der Waals surface area contributed by atoms with Gasteiger partial charge in [-0.15, -0.1) is 11.8 Å². The second-order valence-electron chi connectivity index (χ2n) is 4.32. The molecule has 0 aromatic heterocycles. The number of methoxy groups -OCH3 is 1. The van der Waals surface area contributed by atoms with E-state index in [9.17, 15) is 14.4 Å². The third-order valence-electron chi connectivity index (χ3n) is 3.37. The number of Topliss-reactive ketones (excluding diaryl/α,β-unsaturated/α-hetero) is 1. The average molecular weight is 258 g/mol. The van der Waals surface area contributed by atoms with Gasteiger partial charge in [0, 0.05) is 12.3 Å². The van der Waals surface area contributed by atoms with E-state index in [1.807, 2.05) is 0 Å². The molecule has 2 N–H and O–H groups in total. The third kappa shape index (κ3) is 1.56. The predicted octanol–water partition coefficient (Wildman–Crippen LogP) is -1.02. The minimum Gasteiger partial charge on any atom is -0.468 e. The Bertz CT molecular complexity index is 400. The molecule has 1 amide bonds. The first kappa shape index (κ1) is 12.4. The van der Waals surface area contributed by atoms with Gasteiger partial charge in [0.25, 0.3) is 0 Å². The minimum absolute atomic E-state index is 0.0825. The molecule has 3 atom stereocenters.